The summed E-state index contributed by atoms with van der Waals surface area (Å²) >= 11 is 0. The largest absolute Gasteiger partial charge is 0.507 e. The first-order chi connectivity index (χ1) is 16.7. The van der Waals surface area contributed by atoms with Crippen LogP contribution >= 0.6 is 0 Å². The molecule has 0 fully saturated rings. The second-order valence-corrected chi connectivity index (χ2v) is 7.81. The summed E-state index contributed by atoms with van der Waals surface area (Å²) < 4.78 is 5.41. The summed E-state index contributed by atoms with van der Waals surface area (Å²) in [5.41, 5.74) is 7.30. The molecule has 5 heteroatoms. The van der Waals surface area contributed by atoms with Gasteiger partial charge in [0, 0.05) is 10.9 Å². The lowest BCUT2D eigenvalue weighted by molar-refractivity contribution is 0.415. The molecule has 0 spiro atoms. The minimum Gasteiger partial charge on any atom is -0.507 e. The fourth-order valence-corrected chi connectivity index (χ4v) is 3.86. The van der Waals surface area contributed by atoms with Crippen molar-refractivity contribution in [2.24, 2.45) is 5.10 Å². The Kier molecular flexibility index (Phi) is 5.91. The molecule has 2 N–H and O–H groups in total. The van der Waals surface area contributed by atoms with Crippen LogP contribution in [0.25, 0.3) is 33.8 Å². The highest BCUT2D eigenvalue weighted by Crippen LogP contribution is 2.29. The topological polar surface area (TPSA) is 66.7 Å². The normalized spacial score (nSPS) is 11.6. The number of nitrogens with zero attached hydrogens (tertiary/aromatic N) is 2. The molecule has 5 nitrogen and oxygen atoms in total. The highest BCUT2D eigenvalue weighted by molar-refractivity contribution is 6.03. The maximum Gasteiger partial charge on any atom is 0.125 e. The number of aromatic hydroxyl groups is 1. The molecular weight excluding hydrogens is 422 g/mol. The van der Waals surface area contributed by atoms with Crippen LogP contribution in [-0.4, -0.2) is 23.4 Å². The minimum absolute atomic E-state index is 0.178. The molecule has 0 saturated carbocycles. The lowest BCUT2D eigenvalue weighted by Gasteiger charge is -2.10. The van der Waals surface area contributed by atoms with Gasteiger partial charge in [0.25, 0.3) is 0 Å². The van der Waals surface area contributed by atoms with E-state index in [1.807, 2.05) is 97.1 Å². The van der Waals surface area contributed by atoms with Crippen molar-refractivity contribution >= 4 is 45.7 Å². The van der Waals surface area contributed by atoms with E-state index in [4.69, 9.17) is 9.72 Å². The van der Waals surface area contributed by atoms with Gasteiger partial charge >= 0.3 is 0 Å². The van der Waals surface area contributed by atoms with Gasteiger partial charge in [0.05, 0.1) is 30.2 Å². The molecule has 0 bridgehead atoms. The third-order valence-corrected chi connectivity index (χ3v) is 5.61. The van der Waals surface area contributed by atoms with E-state index < -0.39 is 0 Å². The van der Waals surface area contributed by atoms with Gasteiger partial charge in [-0.15, -0.1) is 0 Å². The number of rotatable bonds is 6. The van der Waals surface area contributed by atoms with Crippen LogP contribution < -0.4 is 10.2 Å². The van der Waals surface area contributed by atoms with Gasteiger partial charge in [0.15, 0.2) is 0 Å². The summed E-state index contributed by atoms with van der Waals surface area (Å²) in [5.74, 6) is 0.914. The van der Waals surface area contributed by atoms with E-state index in [9.17, 15) is 5.11 Å². The number of methoxy groups -OCH3 is 1. The molecule has 5 aromatic rings. The Morgan fingerprint density at radius 3 is 2.53 bits per heavy atom. The zero-order valence-corrected chi connectivity index (χ0v) is 18.6. The number of hydrazone groups is 1. The fraction of sp³-hybridized carbons (Fsp3) is 0.0345. The summed E-state index contributed by atoms with van der Waals surface area (Å²) in [7, 11) is 1.64. The zero-order chi connectivity index (χ0) is 23.3. The van der Waals surface area contributed by atoms with Crippen LogP contribution in [0.5, 0.6) is 11.5 Å². The molecule has 166 valence electrons. The second-order valence-electron chi connectivity index (χ2n) is 7.81. The van der Waals surface area contributed by atoms with Gasteiger partial charge in [-0.05, 0) is 52.7 Å². The van der Waals surface area contributed by atoms with Crippen LogP contribution in [0.3, 0.4) is 0 Å². The number of phenolic OH excluding ortho intramolecular Hbond substituents is 1. The van der Waals surface area contributed by atoms with Gasteiger partial charge in [0.1, 0.15) is 11.5 Å². The van der Waals surface area contributed by atoms with Crippen molar-refractivity contribution in [2.75, 3.05) is 12.5 Å². The Hall–Kier alpha value is -4.64. The van der Waals surface area contributed by atoms with Gasteiger partial charge < -0.3 is 9.84 Å². The fourth-order valence-electron chi connectivity index (χ4n) is 3.86. The molecule has 0 aliphatic rings. The van der Waals surface area contributed by atoms with Gasteiger partial charge in [-0.2, -0.15) is 5.10 Å². The second kappa shape index (κ2) is 9.46. The number of fused-ring (bicyclic) bond motifs is 2. The number of pyridine rings is 1. The van der Waals surface area contributed by atoms with E-state index in [1.165, 1.54) is 0 Å². The molecule has 34 heavy (non-hydrogen) atoms. The molecule has 1 heterocycles. The van der Waals surface area contributed by atoms with Crippen molar-refractivity contribution in [3.8, 4) is 11.5 Å². The van der Waals surface area contributed by atoms with Crippen molar-refractivity contribution in [1.29, 1.82) is 0 Å². The van der Waals surface area contributed by atoms with E-state index in [2.05, 4.69) is 10.5 Å². The molecule has 0 aliphatic heterocycles. The summed E-state index contributed by atoms with van der Waals surface area (Å²) in [6.07, 6.45) is 5.65. The van der Waals surface area contributed by atoms with Crippen LogP contribution in [0.4, 0.5) is 5.69 Å². The molecule has 1 aromatic heterocycles. The maximum atomic E-state index is 10.4. The Labute approximate surface area is 197 Å². The highest BCUT2D eigenvalue weighted by atomic mass is 16.5. The number of anilines is 1. The molecule has 0 amide bonds. The molecular formula is C29H23N3O2. The number of nitrogens with one attached hydrogen (secondary N) is 1. The van der Waals surface area contributed by atoms with Crippen molar-refractivity contribution in [1.82, 2.24) is 4.98 Å². The van der Waals surface area contributed by atoms with Crippen LogP contribution in [0.15, 0.2) is 96.1 Å². The summed E-state index contributed by atoms with van der Waals surface area (Å²) in [4.78, 5) is 4.77. The lowest BCUT2D eigenvalue weighted by Crippen LogP contribution is -1.96. The molecule has 5 rings (SSSR count). The Bertz CT molecular complexity index is 1530. The molecule has 0 unspecified atom stereocenters. The first-order valence-corrected chi connectivity index (χ1v) is 10.9. The number of benzene rings is 4. The third kappa shape index (κ3) is 4.45. The first kappa shape index (κ1) is 21.2. The number of hydrogen-bond donors (Lipinski definition) is 2. The average Bonchev–Trinajstić information content (AvgIpc) is 2.89. The molecule has 0 saturated heterocycles. The zero-order valence-electron chi connectivity index (χ0n) is 18.6. The van der Waals surface area contributed by atoms with E-state index in [0.717, 1.165) is 44.4 Å². The highest BCUT2D eigenvalue weighted by Gasteiger charge is 2.08. The maximum absolute atomic E-state index is 10.4. The summed E-state index contributed by atoms with van der Waals surface area (Å²) in [6.45, 7) is 0. The quantitative estimate of drug-likeness (QED) is 0.225. The van der Waals surface area contributed by atoms with Crippen LogP contribution in [0.1, 0.15) is 16.8 Å². The molecule has 0 atom stereocenters. The Morgan fingerprint density at radius 1 is 0.853 bits per heavy atom. The van der Waals surface area contributed by atoms with Gasteiger partial charge in [-0.1, -0.05) is 66.7 Å². The van der Waals surface area contributed by atoms with Gasteiger partial charge in [-0.25, -0.2) is 4.98 Å². The van der Waals surface area contributed by atoms with Crippen molar-refractivity contribution in [2.45, 2.75) is 0 Å². The standard InChI is InChI=1S/C29H23N3O2/c1-34-23-14-15-27-25(18-23)28(17-22(31-27)13-11-20-7-3-2-4-8-20)32-30-19-26-24-10-6-5-9-21(24)12-16-29(26)33/h2-19,33H,1H3,(H,31,32)/b13-11+,30-19+. The summed E-state index contributed by atoms with van der Waals surface area (Å²) in [6, 6.07) is 29.3. The first-order valence-electron chi connectivity index (χ1n) is 10.9. The number of phenols is 1. The minimum atomic E-state index is 0.178. The predicted molar refractivity (Wildman–Crippen MR) is 140 cm³/mol. The monoisotopic (exact) mass is 445 g/mol. The van der Waals surface area contributed by atoms with Gasteiger partial charge in [-0.3, -0.25) is 5.43 Å². The predicted octanol–water partition coefficient (Wildman–Crippen LogP) is 6.72. The molecule has 0 aliphatic carbocycles. The number of hydrogen-bond acceptors (Lipinski definition) is 5. The Balaban J connectivity index is 1.52. The smallest absolute Gasteiger partial charge is 0.125 e. The molecule has 0 radical (unpaired) electrons. The number of ether oxygens (including phenoxy) is 1. The molecule has 4 aromatic carbocycles. The van der Waals surface area contributed by atoms with Crippen molar-refractivity contribution in [3.05, 3.63) is 108 Å². The van der Waals surface area contributed by atoms with Crippen molar-refractivity contribution in [3.63, 3.8) is 0 Å². The van der Waals surface area contributed by atoms with E-state index in [-0.39, 0.29) is 5.75 Å². The number of aromatic nitrogens is 1. The third-order valence-electron chi connectivity index (χ3n) is 5.61. The van der Waals surface area contributed by atoms with Crippen LogP contribution in [0.2, 0.25) is 0 Å². The Morgan fingerprint density at radius 2 is 1.68 bits per heavy atom. The SMILES string of the molecule is COc1ccc2nc(/C=C/c3ccccc3)cc(N/N=C/c3c(O)ccc4ccccc34)c2c1. The summed E-state index contributed by atoms with van der Waals surface area (Å²) in [5, 5.41) is 17.7. The van der Waals surface area contributed by atoms with E-state index >= 15 is 0 Å². The van der Waals surface area contributed by atoms with Crippen LogP contribution in [-0.2, 0) is 0 Å². The lowest BCUT2D eigenvalue weighted by atomic mass is 10.0. The van der Waals surface area contributed by atoms with Crippen molar-refractivity contribution < 1.29 is 9.84 Å². The van der Waals surface area contributed by atoms with E-state index in [0.29, 0.717) is 5.56 Å². The van der Waals surface area contributed by atoms with E-state index in [1.54, 1.807) is 19.4 Å². The van der Waals surface area contributed by atoms with Crippen LogP contribution in [0, 0.1) is 0 Å². The average molecular weight is 446 g/mol. The van der Waals surface area contributed by atoms with Gasteiger partial charge in [0.2, 0.25) is 0 Å².